The van der Waals surface area contributed by atoms with E-state index in [1.54, 1.807) is 37.6 Å². The van der Waals surface area contributed by atoms with Crippen LogP contribution in [0.25, 0.3) is 10.9 Å². The Morgan fingerprint density at radius 2 is 1.75 bits per heavy atom. The van der Waals surface area contributed by atoms with Crippen LogP contribution in [0, 0.1) is 12.8 Å². The summed E-state index contributed by atoms with van der Waals surface area (Å²) in [5.74, 6) is 0.411. The van der Waals surface area contributed by atoms with Crippen LogP contribution in [-0.4, -0.2) is 53.8 Å². The Morgan fingerprint density at radius 3 is 2.35 bits per heavy atom. The van der Waals surface area contributed by atoms with Crippen molar-refractivity contribution in [2.24, 2.45) is 5.92 Å². The molecule has 4 rings (SSSR count). The van der Waals surface area contributed by atoms with Gasteiger partial charge < -0.3 is 19.1 Å². The normalized spacial score (nSPS) is 17.5. The average Bonchev–Trinajstić information content (AvgIpc) is 3.37. The molecule has 40 heavy (non-hydrogen) atoms. The van der Waals surface area contributed by atoms with E-state index in [2.05, 4.69) is 6.92 Å². The second kappa shape index (κ2) is 11.7. The second-order valence-electron chi connectivity index (χ2n) is 11.5. The third-order valence-corrected chi connectivity index (χ3v) is 7.53. The lowest BCUT2D eigenvalue weighted by Gasteiger charge is -2.40. The van der Waals surface area contributed by atoms with E-state index in [0.29, 0.717) is 40.2 Å². The molecule has 0 N–H and O–H groups in total. The summed E-state index contributed by atoms with van der Waals surface area (Å²) < 4.78 is 17.7. The molecule has 8 heteroatoms. The van der Waals surface area contributed by atoms with E-state index in [9.17, 15) is 14.4 Å². The smallest absolute Gasteiger partial charge is 0.419 e. The molecule has 1 aromatic heterocycles. The number of likely N-dealkylation sites (tertiary alicyclic amines) is 1. The Morgan fingerprint density at radius 1 is 1.05 bits per heavy atom. The Labute approximate surface area is 236 Å². The number of benzene rings is 2. The van der Waals surface area contributed by atoms with Crippen LogP contribution in [0.3, 0.4) is 0 Å². The van der Waals surface area contributed by atoms with Crippen LogP contribution in [0.1, 0.15) is 91.3 Å². The zero-order valence-electron chi connectivity index (χ0n) is 24.6. The number of nitrogens with zero attached hydrogens (tertiary/aromatic N) is 2. The number of piperidine rings is 1. The van der Waals surface area contributed by atoms with Crippen LogP contribution < -0.4 is 4.74 Å². The minimum atomic E-state index is -0.661. The lowest BCUT2D eigenvalue weighted by Crippen LogP contribution is -2.41. The van der Waals surface area contributed by atoms with Gasteiger partial charge in [-0.25, -0.2) is 9.59 Å². The van der Waals surface area contributed by atoms with Gasteiger partial charge in [0.25, 0.3) is 5.91 Å². The van der Waals surface area contributed by atoms with Crippen molar-refractivity contribution in [3.63, 3.8) is 0 Å². The molecule has 0 radical (unpaired) electrons. The highest BCUT2D eigenvalue weighted by molar-refractivity contribution is 6.11. The molecule has 2 atom stereocenters. The van der Waals surface area contributed by atoms with Crippen molar-refractivity contribution in [1.82, 2.24) is 9.47 Å². The first-order valence-electron chi connectivity index (χ1n) is 13.9. The lowest BCUT2D eigenvalue weighted by molar-refractivity contribution is 0.0528. The van der Waals surface area contributed by atoms with Gasteiger partial charge in [-0.2, -0.15) is 0 Å². The Balaban J connectivity index is 1.78. The molecule has 1 aliphatic rings. The van der Waals surface area contributed by atoms with E-state index in [1.165, 1.54) is 11.7 Å². The number of rotatable bonds is 6. The summed E-state index contributed by atoms with van der Waals surface area (Å²) in [5, 5.41) is 0.642. The first kappa shape index (κ1) is 29.2. The molecule has 3 aromatic rings. The molecule has 8 nitrogen and oxygen atoms in total. The maximum absolute atomic E-state index is 14.4. The van der Waals surface area contributed by atoms with Crippen molar-refractivity contribution in [2.45, 2.75) is 71.9 Å². The number of aryl methyl sites for hydroxylation is 1. The number of carbonyl (C=O) groups excluding carboxylic acids is 3. The van der Waals surface area contributed by atoms with Crippen molar-refractivity contribution < 1.29 is 28.6 Å². The summed E-state index contributed by atoms with van der Waals surface area (Å²) in [6.45, 7) is 10.1. The summed E-state index contributed by atoms with van der Waals surface area (Å²) in [7, 11) is 2.91. The van der Waals surface area contributed by atoms with E-state index in [1.807, 2.05) is 44.7 Å². The van der Waals surface area contributed by atoms with Gasteiger partial charge in [0.15, 0.2) is 0 Å². The maximum Gasteiger partial charge on any atom is 0.419 e. The fourth-order valence-corrected chi connectivity index (χ4v) is 5.72. The van der Waals surface area contributed by atoms with E-state index in [-0.39, 0.29) is 11.9 Å². The SMILES string of the molecule is CCCC1CCN(C(=O)c2c(OC)cc(C)c3c2ccn3C(=O)OC(C)(C)C)[C@H](c2ccc(C(=O)OC)cc2)C1. The Bertz CT molecular complexity index is 1400. The topological polar surface area (TPSA) is 87.1 Å². The number of esters is 1. The van der Waals surface area contributed by atoms with Crippen LogP contribution in [0.15, 0.2) is 42.6 Å². The fourth-order valence-electron chi connectivity index (χ4n) is 5.72. The van der Waals surface area contributed by atoms with Crippen molar-refractivity contribution in [3.8, 4) is 5.75 Å². The summed E-state index contributed by atoms with van der Waals surface area (Å²) in [6, 6.07) is 10.7. The molecule has 2 aromatic carbocycles. The Hall–Kier alpha value is -3.81. The fraction of sp³-hybridized carbons (Fsp3) is 0.469. The zero-order chi connectivity index (χ0) is 29.2. The van der Waals surface area contributed by atoms with Crippen LogP contribution in [-0.2, 0) is 9.47 Å². The molecule has 0 saturated carbocycles. The number of fused-ring (bicyclic) bond motifs is 1. The largest absolute Gasteiger partial charge is 0.496 e. The second-order valence-corrected chi connectivity index (χ2v) is 11.5. The summed E-state index contributed by atoms with van der Waals surface area (Å²) in [6.07, 6.45) is 5.06. The number of aromatic nitrogens is 1. The molecule has 0 spiro atoms. The standard InChI is InChI=1S/C32H40N2O6/c1-8-9-21-14-16-33(25(19-21)22-10-12-23(13-11-22)30(36)39-7)29(35)27-24-15-17-34(31(37)40-32(3,4)5)28(24)20(2)18-26(27)38-6/h10-13,15,17-18,21,25H,8-9,14,16,19H2,1-7H3/t21?,25-/m0/s1. The number of hydrogen-bond acceptors (Lipinski definition) is 6. The number of hydrogen-bond donors (Lipinski definition) is 0. The highest BCUT2D eigenvalue weighted by atomic mass is 16.6. The molecule has 1 aliphatic heterocycles. The predicted octanol–water partition coefficient (Wildman–Crippen LogP) is 6.92. The third kappa shape index (κ3) is 5.86. The quantitative estimate of drug-likeness (QED) is 0.311. The number of amides is 1. The van der Waals surface area contributed by atoms with Gasteiger partial charge in [-0.05, 0) is 81.8 Å². The average molecular weight is 549 g/mol. The van der Waals surface area contributed by atoms with Gasteiger partial charge in [-0.1, -0.05) is 31.9 Å². The maximum atomic E-state index is 14.4. The van der Waals surface area contributed by atoms with Gasteiger partial charge in [0.1, 0.15) is 11.4 Å². The molecule has 2 heterocycles. The van der Waals surface area contributed by atoms with E-state index in [0.717, 1.165) is 36.8 Å². The zero-order valence-corrected chi connectivity index (χ0v) is 24.6. The van der Waals surface area contributed by atoms with E-state index >= 15 is 0 Å². The van der Waals surface area contributed by atoms with Gasteiger partial charge in [-0.15, -0.1) is 0 Å². The molecular weight excluding hydrogens is 508 g/mol. The monoisotopic (exact) mass is 548 g/mol. The summed E-state index contributed by atoms with van der Waals surface area (Å²) in [5.41, 5.74) is 2.63. The van der Waals surface area contributed by atoms with Crippen LogP contribution >= 0.6 is 0 Å². The number of carbonyl (C=O) groups is 3. The predicted molar refractivity (Wildman–Crippen MR) is 154 cm³/mol. The van der Waals surface area contributed by atoms with Crippen LogP contribution in [0.4, 0.5) is 4.79 Å². The van der Waals surface area contributed by atoms with E-state index < -0.39 is 17.7 Å². The van der Waals surface area contributed by atoms with E-state index in [4.69, 9.17) is 14.2 Å². The summed E-state index contributed by atoms with van der Waals surface area (Å²) in [4.78, 5) is 41.4. The van der Waals surface area contributed by atoms with Crippen LogP contribution in [0.5, 0.6) is 5.75 Å². The molecule has 0 aliphatic carbocycles. The van der Waals surface area contributed by atoms with Gasteiger partial charge >= 0.3 is 12.1 Å². The molecule has 1 fully saturated rings. The highest BCUT2D eigenvalue weighted by Gasteiger charge is 2.35. The van der Waals surface area contributed by atoms with Gasteiger partial charge in [-0.3, -0.25) is 9.36 Å². The van der Waals surface area contributed by atoms with Gasteiger partial charge in [0, 0.05) is 18.1 Å². The lowest BCUT2D eigenvalue weighted by atomic mass is 9.84. The number of methoxy groups -OCH3 is 2. The first-order chi connectivity index (χ1) is 19.0. The van der Waals surface area contributed by atoms with Crippen LogP contribution in [0.2, 0.25) is 0 Å². The number of ether oxygens (including phenoxy) is 3. The minimum absolute atomic E-state index is 0.152. The molecular formula is C32H40N2O6. The van der Waals surface area contributed by atoms with Gasteiger partial charge in [0.2, 0.25) is 0 Å². The molecule has 0 bridgehead atoms. The molecule has 1 saturated heterocycles. The van der Waals surface area contributed by atoms with Gasteiger partial charge in [0.05, 0.1) is 36.9 Å². The summed E-state index contributed by atoms with van der Waals surface area (Å²) >= 11 is 0. The van der Waals surface area contributed by atoms with Crippen molar-refractivity contribution >= 4 is 28.9 Å². The Kier molecular flexibility index (Phi) is 8.57. The molecule has 1 unspecified atom stereocenters. The van der Waals surface area contributed by atoms with Crippen molar-refractivity contribution in [1.29, 1.82) is 0 Å². The minimum Gasteiger partial charge on any atom is -0.496 e. The third-order valence-electron chi connectivity index (χ3n) is 7.53. The first-order valence-corrected chi connectivity index (χ1v) is 13.9. The molecule has 1 amide bonds. The van der Waals surface area contributed by atoms with Crippen molar-refractivity contribution in [2.75, 3.05) is 20.8 Å². The molecule has 214 valence electrons. The van der Waals surface area contributed by atoms with Crippen molar-refractivity contribution in [3.05, 3.63) is 64.8 Å². The highest BCUT2D eigenvalue weighted by Crippen LogP contribution is 2.40.